The number of hydrogen-bond donors (Lipinski definition) is 2. The van der Waals surface area contributed by atoms with E-state index in [2.05, 4.69) is 20.2 Å². The third-order valence-electron chi connectivity index (χ3n) is 3.36. The van der Waals surface area contributed by atoms with Crippen LogP contribution in [0.4, 0.5) is 5.82 Å². The summed E-state index contributed by atoms with van der Waals surface area (Å²) in [5.74, 6) is 0.924. The van der Waals surface area contributed by atoms with E-state index in [-0.39, 0.29) is 6.54 Å². The van der Waals surface area contributed by atoms with Gasteiger partial charge in [-0.05, 0) is 18.8 Å². The molecule has 2 heterocycles. The molecule has 1 aliphatic heterocycles. The molecule has 2 rings (SSSR count). The lowest BCUT2D eigenvalue weighted by molar-refractivity contribution is -0.136. The van der Waals surface area contributed by atoms with Crippen LogP contribution in [0.5, 0.6) is 5.88 Å². The van der Waals surface area contributed by atoms with Gasteiger partial charge in [0.15, 0.2) is 5.82 Å². The molecule has 0 radical (unpaired) electrons. The van der Waals surface area contributed by atoms with Crippen molar-refractivity contribution >= 4 is 11.8 Å². The van der Waals surface area contributed by atoms with Gasteiger partial charge in [0.05, 0.1) is 26.0 Å². The van der Waals surface area contributed by atoms with Crippen LogP contribution in [0, 0.1) is 5.92 Å². The molecule has 1 atom stereocenters. The minimum atomic E-state index is -0.823. The van der Waals surface area contributed by atoms with Gasteiger partial charge in [-0.3, -0.25) is 9.78 Å². The highest BCUT2D eigenvalue weighted by molar-refractivity contribution is 5.68. The first kappa shape index (κ1) is 14.5. The van der Waals surface area contributed by atoms with E-state index in [1.165, 1.54) is 0 Å². The van der Waals surface area contributed by atoms with Crippen LogP contribution in [0.25, 0.3) is 0 Å². The Hall–Kier alpha value is -1.89. The Kier molecular flexibility index (Phi) is 5.11. The minimum Gasteiger partial charge on any atom is -0.480 e. The second-order valence-corrected chi connectivity index (χ2v) is 4.90. The van der Waals surface area contributed by atoms with Gasteiger partial charge in [0.2, 0.25) is 5.88 Å². The first-order valence-electron chi connectivity index (χ1n) is 6.72. The Balaban J connectivity index is 1.90. The van der Waals surface area contributed by atoms with Crippen molar-refractivity contribution in [1.82, 2.24) is 15.3 Å². The fourth-order valence-corrected chi connectivity index (χ4v) is 2.41. The number of carboxylic acids is 1. The summed E-state index contributed by atoms with van der Waals surface area (Å²) in [4.78, 5) is 21.2. The predicted octanol–water partition coefficient (Wildman–Crippen LogP) is 0.376. The average Bonchev–Trinajstić information content (AvgIpc) is 2.47. The molecule has 1 fully saturated rings. The fraction of sp³-hybridized carbons (Fsp3) is 0.615. The van der Waals surface area contributed by atoms with Gasteiger partial charge in [0.25, 0.3) is 0 Å². The molecule has 0 aromatic carbocycles. The minimum absolute atomic E-state index is 0.00939. The van der Waals surface area contributed by atoms with Gasteiger partial charge in [-0.2, -0.15) is 4.98 Å². The molecule has 1 unspecified atom stereocenters. The summed E-state index contributed by atoms with van der Waals surface area (Å²) < 4.78 is 5.09. The Morgan fingerprint density at radius 1 is 1.60 bits per heavy atom. The fourth-order valence-electron chi connectivity index (χ4n) is 2.41. The van der Waals surface area contributed by atoms with E-state index < -0.39 is 5.97 Å². The molecule has 0 saturated carbocycles. The lowest BCUT2D eigenvalue weighted by Crippen LogP contribution is -2.41. The van der Waals surface area contributed by atoms with E-state index >= 15 is 0 Å². The van der Waals surface area contributed by atoms with Gasteiger partial charge in [0.1, 0.15) is 0 Å². The molecule has 1 aromatic rings. The number of methoxy groups -OCH3 is 1. The number of anilines is 1. The zero-order valence-corrected chi connectivity index (χ0v) is 11.6. The maximum absolute atomic E-state index is 10.5. The topological polar surface area (TPSA) is 87.6 Å². The number of hydrogen-bond acceptors (Lipinski definition) is 6. The van der Waals surface area contributed by atoms with Crippen molar-refractivity contribution in [3.8, 4) is 5.88 Å². The molecule has 110 valence electrons. The van der Waals surface area contributed by atoms with Crippen LogP contribution < -0.4 is 15.0 Å². The summed E-state index contributed by atoms with van der Waals surface area (Å²) >= 11 is 0. The van der Waals surface area contributed by atoms with Crippen molar-refractivity contribution in [3.05, 3.63) is 12.4 Å². The van der Waals surface area contributed by atoms with E-state index in [4.69, 9.17) is 9.84 Å². The van der Waals surface area contributed by atoms with E-state index in [0.717, 1.165) is 31.7 Å². The molecule has 7 nitrogen and oxygen atoms in total. The SMILES string of the molecule is COc1cncc(N2CCCC(CNCC(=O)O)C2)n1. The smallest absolute Gasteiger partial charge is 0.317 e. The molecule has 0 spiro atoms. The zero-order valence-electron chi connectivity index (χ0n) is 11.6. The van der Waals surface area contributed by atoms with Gasteiger partial charge in [-0.1, -0.05) is 0 Å². The molecule has 1 saturated heterocycles. The molecule has 20 heavy (non-hydrogen) atoms. The van der Waals surface area contributed by atoms with Gasteiger partial charge in [-0.15, -0.1) is 0 Å². The highest BCUT2D eigenvalue weighted by atomic mass is 16.5. The van der Waals surface area contributed by atoms with Crippen molar-refractivity contribution in [2.75, 3.05) is 38.2 Å². The molecule has 2 N–H and O–H groups in total. The quantitative estimate of drug-likeness (QED) is 0.778. The lowest BCUT2D eigenvalue weighted by Gasteiger charge is -2.33. The molecular weight excluding hydrogens is 260 g/mol. The van der Waals surface area contributed by atoms with E-state index in [9.17, 15) is 4.79 Å². The standard InChI is InChI=1S/C13H20N4O3/c1-20-12-7-15-6-11(16-12)17-4-2-3-10(9-17)5-14-8-13(18)19/h6-7,10,14H,2-5,8-9H2,1H3,(H,18,19). The molecule has 1 aliphatic rings. The molecule has 0 bridgehead atoms. The third-order valence-corrected chi connectivity index (χ3v) is 3.36. The zero-order chi connectivity index (χ0) is 14.4. The van der Waals surface area contributed by atoms with Gasteiger partial charge in [-0.25, -0.2) is 0 Å². The van der Waals surface area contributed by atoms with Crippen LogP contribution in [-0.4, -0.2) is 54.3 Å². The van der Waals surface area contributed by atoms with Crippen molar-refractivity contribution in [2.45, 2.75) is 12.8 Å². The van der Waals surface area contributed by atoms with Crippen molar-refractivity contribution < 1.29 is 14.6 Å². The number of aromatic nitrogens is 2. The number of piperidine rings is 1. The second-order valence-electron chi connectivity index (χ2n) is 4.90. The highest BCUT2D eigenvalue weighted by Gasteiger charge is 2.21. The van der Waals surface area contributed by atoms with Gasteiger partial charge >= 0.3 is 5.97 Å². The highest BCUT2D eigenvalue weighted by Crippen LogP contribution is 2.22. The summed E-state index contributed by atoms with van der Waals surface area (Å²) in [6, 6.07) is 0. The maximum Gasteiger partial charge on any atom is 0.317 e. The summed E-state index contributed by atoms with van der Waals surface area (Å²) in [6.45, 7) is 2.52. The molecule has 0 aliphatic carbocycles. The van der Waals surface area contributed by atoms with Crippen molar-refractivity contribution in [1.29, 1.82) is 0 Å². The van der Waals surface area contributed by atoms with E-state index in [0.29, 0.717) is 18.3 Å². The van der Waals surface area contributed by atoms with Crippen molar-refractivity contribution in [2.24, 2.45) is 5.92 Å². The maximum atomic E-state index is 10.5. The number of nitrogens with zero attached hydrogens (tertiary/aromatic N) is 3. The number of carbonyl (C=O) groups is 1. The Morgan fingerprint density at radius 3 is 3.20 bits per heavy atom. The van der Waals surface area contributed by atoms with Crippen LogP contribution in [0.1, 0.15) is 12.8 Å². The third kappa shape index (κ3) is 4.06. The number of aliphatic carboxylic acids is 1. The van der Waals surface area contributed by atoms with Gasteiger partial charge < -0.3 is 20.1 Å². The van der Waals surface area contributed by atoms with Crippen LogP contribution in [0.15, 0.2) is 12.4 Å². The number of carboxylic acid groups (broad SMARTS) is 1. The molecule has 7 heteroatoms. The first-order valence-corrected chi connectivity index (χ1v) is 6.72. The second kappa shape index (κ2) is 7.04. The number of rotatable bonds is 6. The summed E-state index contributed by atoms with van der Waals surface area (Å²) in [7, 11) is 1.57. The monoisotopic (exact) mass is 280 g/mol. The predicted molar refractivity (Wildman–Crippen MR) is 74.0 cm³/mol. The number of nitrogens with one attached hydrogen (secondary N) is 1. The average molecular weight is 280 g/mol. The normalized spacial score (nSPS) is 18.9. The van der Waals surface area contributed by atoms with Crippen molar-refractivity contribution in [3.63, 3.8) is 0 Å². The van der Waals surface area contributed by atoms with Gasteiger partial charge in [0, 0.05) is 19.6 Å². The van der Waals surface area contributed by atoms with E-state index in [1.807, 2.05) is 0 Å². The largest absolute Gasteiger partial charge is 0.480 e. The lowest BCUT2D eigenvalue weighted by atomic mass is 9.98. The molecule has 1 aromatic heterocycles. The van der Waals surface area contributed by atoms with Crippen LogP contribution in [-0.2, 0) is 4.79 Å². The van der Waals surface area contributed by atoms with Crippen LogP contribution >= 0.6 is 0 Å². The number of ether oxygens (including phenoxy) is 1. The molecule has 0 amide bonds. The Bertz CT molecular complexity index is 455. The Labute approximate surface area is 118 Å². The summed E-state index contributed by atoms with van der Waals surface area (Å²) in [5.41, 5.74) is 0. The Morgan fingerprint density at radius 2 is 2.45 bits per heavy atom. The van der Waals surface area contributed by atoms with E-state index in [1.54, 1.807) is 19.5 Å². The van der Waals surface area contributed by atoms with Crippen LogP contribution in [0.2, 0.25) is 0 Å². The summed E-state index contributed by atoms with van der Waals surface area (Å²) in [5, 5.41) is 11.6. The first-order chi connectivity index (χ1) is 9.69. The molecular formula is C13H20N4O3. The summed E-state index contributed by atoms with van der Waals surface area (Å²) in [6.07, 6.45) is 5.48. The van der Waals surface area contributed by atoms with Crippen LogP contribution in [0.3, 0.4) is 0 Å².